The third kappa shape index (κ3) is 1.01. The molecule has 0 aliphatic heterocycles. The van der Waals surface area contributed by atoms with Crippen molar-refractivity contribution in [1.29, 1.82) is 0 Å². The largest absolute Gasteiger partial charge is 0.390 e. The summed E-state index contributed by atoms with van der Waals surface area (Å²) in [6.45, 7) is -0.0114. The second-order valence-corrected chi connectivity index (χ2v) is 1.36. The van der Waals surface area contributed by atoms with Gasteiger partial charge in [-0.15, -0.1) is 0 Å². The minimum absolute atomic E-state index is 0.0114. The van der Waals surface area contributed by atoms with E-state index in [4.69, 9.17) is 5.11 Å². The van der Waals surface area contributed by atoms with Crippen molar-refractivity contribution < 1.29 is 5.11 Å². The van der Waals surface area contributed by atoms with Gasteiger partial charge in [0.2, 0.25) is 0 Å². The molecule has 8 heavy (non-hydrogen) atoms. The van der Waals surface area contributed by atoms with Crippen LogP contribution in [0.15, 0.2) is 18.6 Å². The zero-order valence-corrected chi connectivity index (χ0v) is 4.28. The van der Waals surface area contributed by atoms with Crippen LogP contribution in [-0.4, -0.2) is 15.1 Å². The van der Waals surface area contributed by atoms with E-state index in [2.05, 4.69) is 9.97 Å². The summed E-state index contributed by atoms with van der Waals surface area (Å²) in [5.41, 5.74) is 0.653. The zero-order valence-electron chi connectivity index (χ0n) is 4.28. The van der Waals surface area contributed by atoms with Crippen LogP contribution in [0.4, 0.5) is 0 Å². The lowest BCUT2D eigenvalue weighted by molar-refractivity contribution is 0.276. The molecule has 0 saturated heterocycles. The third-order valence-corrected chi connectivity index (χ3v) is 0.805. The smallest absolute Gasteiger partial charge is 0.115 e. The summed E-state index contributed by atoms with van der Waals surface area (Å²) in [5, 5.41) is 8.45. The van der Waals surface area contributed by atoms with Crippen LogP contribution in [0, 0.1) is 0 Å². The first-order valence-corrected chi connectivity index (χ1v) is 2.29. The van der Waals surface area contributed by atoms with Crippen LogP contribution < -0.4 is 0 Å². The Labute approximate surface area is 47.0 Å². The Kier molecular flexibility index (Phi) is 1.54. The molecule has 0 spiro atoms. The molecule has 1 aromatic heterocycles. The van der Waals surface area contributed by atoms with Crippen molar-refractivity contribution in [3.8, 4) is 0 Å². The molecule has 0 unspecified atom stereocenters. The lowest BCUT2D eigenvalue weighted by Gasteiger charge is -1.87. The van der Waals surface area contributed by atoms with Gasteiger partial charge in [-0.1, -0.05) is 0 Å². The van der Waals surface area contributed by atoms with Crippen LogP contribution in [0.5, 0.6) is 0 Å². The molecule has 0 saturated carbocycles. The number of aromatic nitrogens is 2. The monoisotopic (exact) mass is 110 g/mol. The maximum atomic E-state index is 8.45. The van der Waals surface area contributed by atoms with Crippen molar-refractivity contribution in [2.45, 2.75) is 6.61 Å². The van der Waals surface area contributed by atoms with Gasteiger partial charge in [-0.05, 0) is 6.07 Å². The van der Waals surface area contributed by atoms with Crippen molar-refractivity contribution in [3.63, 3.8) is 0 Å². The van der Waals surface area contributed by atoms with Crippen LogP contribution in [0.25, 0.3) is 0 Å². The summed E-state index contributed by atoms with van der Waals surface area (Å²) in [7, 11) is 0. The quantitative estimate of drug-likeness (QED) is 0.552. The molecule has 0 radical (unpaired) electrons. The van der Waals surface area contributed by atoms with Crippen LogP contribution in [0.2, 0.25) is 0 Å². The molecule has 3 heteroatoms. The Morgan fingerprint density at radius 1 is 1.62 bits per heavy atom. The van der Waals surface area contributed by atoms with E-state index in [9.17, 15) is 0 Å². The van der Waals surface area contributed by atoms with Crippen molar-refractivity contribution >= 4 is 0 Å². The number of aliphatic hydroxyl groups excluding tert-OH is 1. The predicted octanol–water partition coefficient (Wildman–Crippen LogP) is -0.0311. The lowest BCUT2D eigenvalue weighted by Crippen LogP contribution is -1.86. The van der Waals surface area contributed by atoms with Gasteiger partial charge in [0.25, 0.3) is 0 Å². The van der Waals surface area contributed by atoms with E-state index in [1.165, 1.54) is 6.33 Å². The Bertz CT molecular complexity index is 152. The molecule has 1 rings (SSSR count). The second-order valence-electron chi connectivity index (χ2n) is 1.36. The first-order chi connectivity index (χ1) is 3.93. The molecule has 0 atom stereocenters. The summed E-state index contributed by atoms with van der Waals surface area (Å²) in [5.74, 6) is 0. The fourth-order valence-electron chi connectivity index (χ4n) is 0.412. The first-order valence-electron chi connectivity index (χ1n) is 2.29. The van der Waals surface area contributed by atoms with Gasteiger partial charge < -0.3 is 5.11 Å². The molecule has 0 bridgehead atoms. The maximum absolute atomic E-state index is 8.45. The van der Waals surface area contributed by atoms with E-state index in [0.29, 0.717) is 5.69 Å². The van der Waals surface area contributed by atoms with Gasteiger partial charge in [0.05, 0.1) is 12.3 Å². The van der Waals surface area contributed by atoms with Gasteiger partial charge in [0.1, 0.15) is 6.33 Å². The van der Waals surface area contributed by atoms with Gasteiger partial charge in [0.15, 0.2) is 0 Å². The lowest BCUT2D eigenvalue weighted by atomic mass is 10.4. The summed E-state index contributed by atoms with van der Waals surface area (Å²) in [6, 6.07) is 1.67. The minimum Gasteiger partial charge on any atom is -0.390 e. The van der Waals surface area contributed by atoms with E-state index in [0.717, 1.165) is 0 Å². The SMILES string of the molecule is OCc1ccncn1. The van der Waals surface area contributed by atoms with Crippen molar-refractivity contribution in [2.24, 2.45) is 0 Å². The molecule has 0 aliphatic carbocycles. The molecule has 1 aromatic rings. The average Bonchev–Trinajstić information content (AvgIpc) is 1.90. The van der Waals surface area contributed by atoms with E-state index < -0.39 is 0 Å². The number of aliphatic hydroxyl groups is 1. The van der Waals surface area contributed by atoms with E-state index in [1.807, 2.05) is 0 Å². The Balaban J connectivity index is 2.83. The third-order valence-electron chi connectivity index (χ3n) is 0.805. The summed E-state index contributed by atoms with van der Waals surface area (Å²) in [6.07, 6.45) is 3.00. The first kappa shape index (κ1) is 5.18. The second kappa shape index (κ2) is 2.37. The van der Waals surface area contributed by atoms with Crippen LogP contribution in [-0.2, 0) is 6.61 Å². The van der Waals surface area contributed by atoms with Crippen LogP contribution in [0.3, 0.4) is 0 Å². The normalized spacial score (nSPS) is 9.12. The Hall–Kier alpha value is -0.960. The molecular weight excluding hydrogens is 104 g/mol. The van der Waals surface area contributed by atoms with Gasteiger partial charge in [-0.3, -0.25) is 0 Å². The molecule has 0 aromatic carbocycles. The summed E-state index contributed by atoms with van der Waals surface area (Å²) < 4.78 is 0. The number of rotatable bonds is 1. The summed E-state index contributed by atoms with van der Waals surface area (Å²) >= 11 is 0. The standard InChI is InChI=1S/C5H6N2O/c8-3-5-1-2-6-4-7-5/h1-2,4,8H,3H2. The van der Waals surface area contributed by atoms with Gasteiger partial charge in [0, 0.05) is 6.20 Å². The number of hydrogen-bond acceptors (Lipinski definition) is 3. The topological polar surface area (TPSA) is 46.0 Å². The van der Waals surface area contributed by atoms with Crippen molar-refractivity contribution in [2.75, 3.05) is 0 Å². The fourth-order valence-corrected chi connectivity index (χ4v) is 0.412. The van der Waals surface area contributed by atoms with E-state index in [1.54, 1.807) is 12.3 Å². The van der Waals surface area contributed by atoms with E-state index in [-0.39, 0.29) is 6.61 Å². The predicted molar refractivity (Wildman–Crippen MR) is 28.0 cm³/mol. The molecule has 1 heterocycles. The fraction of sp³-hybridized carbons (Fsp3) is 0.200. The maximum Gasteiger partial charge on any atom is 0.115 e. The average molecular weight is 110 g/mol. The molecule has 42 valence electrons. The highest BCUT2D eigenvalue weighted by molar-refractivity contribution is 4.94. The zero-order chi connectivity index (χ0) is 5.82. The number of hydrogen-bond donors (Lipinski definition) is 1. The van der Waals surface area contributed by atoms with Crippen LogP contribution >= 0.6 is 0 Å². The van der Waals surface area contributed by atoms with Gasteiger partial charge in [-0.2, -0.15) is 0 Å². The Morgan fingerprint density at radius 3 is 2.88 bits per heavy atom. The van der Waals surface area contributed by atoms with Crippen molar-refractivity contribution in [3.05, 3.63) is 24.3 Å². The molecular formula is C5H6N2O. The van der Waals surface area contributed by atoms with E-state index >= 15 is 0 Å². The highest BCUT2D eigenvalue weighted by Gasteiger charge is 1.83. The minimum atomic E-state index is -0.0114. The van der Waals surface area contributed by atoms with Gasteiger partial charge >= 0.3 is 0 Å². The van der Waals surface area contributed by atoms with Gasteiger partial charge in [-0.25, -0.2) is 9.97 Å². The highest BCUT2D eigenvalue weighted by atomic mass is 16.3. The molecule has 1 N–H and O–H groups in total. The molecule has 3 nitrogen and oxygen atoms in total. The highest BCUT2D eigenvalue weighted by Crippen LogP contribution is 1.86. The Morgan fingerprint density at radius 2 is 2.50 bits per heavy atom. The number of nitrogens with zero attached hydrogens (tertiary/aromatic N) is 2. The molecule has 0 aliphatic rings. The molecule has 0 amide bonds. The molecule has 0 fully saturated rings. The van der Waals surface area contributed by atoms with Crippen molar-refractivity contribution in [1.82, 2.24) is 9.97 Å². The summed E-state index contributed by atoms with van der Waals surface area (Å²) in [4.78, 5) is 7.41. The van der Waals surface area contributed by atoms with Crippen LogP contribution in [0.1, 0.15) is 5.69 Å².